The molecular formula is C25H25NO4S. The number of benzene rings is 3. The summed E-state index contributed by atoms with van der Waals surface area (Å²) in [6, 6.07) is 28.5. The van der Waals surface area contributed by atoms with Crippen LogP contribution in [0.2, 0.25) is 0 Å². The van der Waals surface area contributed by atoms with Crippen LogP contribution in [0.25, 0.3) is 0 Å². The first-order valence-electron chi connectivity index (χ1n) is 10.0. The van der Waals surface area contributed by atoms with Crippen molar-refractivity contribution in [3.8, 4) is 0 Å². The Morgan fingerprint density at radius 2 is 1.26 bits per heavy atom. The quantitative estimate of drug-likeness (QED) is 0.334. The number of carboxylic acids is 1. The Labute approximate surface area is 187 Å². The largest absolute Gasteiger partial charge is 0.480 e. The van der Waals surface area contributed by atoms with Gasteiger partial charge in [-0.15, -0.1) is 0 Å². The normalized spacial score (nSPS) is 12.2. The van der Waals surface area contributed by atoms with E-state index in [1.54, 1.807) is 0 Å². The maximum absolute atomic E-state index is 12.3. The molecule has 0 spiro atoms. The summed E-state index contributed by atoms with van der Waals surface area (Å²) in [4.78, 5) is 23.5. The molecule has 0 fully saturated rings. The summed E-state index contributed by atoms with van der Waals surface area (Å²) in [6.07, 6.45) is 0.0197. The standard InChI is InChI=1S/C25H25NO4S/c27-23(26-22(18-31)24(28)29)16-17-30-25(19-10-4-1-5-11-19,20-12-6-2-7-13-20)21-14-8-3-9-15-21/h1-15,22,31H,16-18H2,(H,26,27)(H,28,29)/t22-/m0/s1. The Bertz CT molecular complexity index is 884. The predicted molar refractivity (Wildman–Crippen MR) is 123 cm³/mol. The Kier molecular flexibility index (Phi) is 7.87. The molecule has 0 aliphatic heterocycles. The number of amides is 1. The molecule has 3 aromatic carbocycles. The van der Waals surface area contributed by atoms with Gasteiger partial charge in [-0.2, -0.15) is 12.6 Å². The van der Waals surface area contributed by atoms with Gasteiger partial charge in [-0.1, -0.05) is 91.0 Å². The number of carboxylic acid groups (broad SMARTS) is 1. The highest BCUT2D eigenvalue weighted by Crippen LogP contribution is 2.40. The van der Waals surface area contributed by atoms with E-state index in [9.17, 15) is 9.59 Å². The van der Waals surface area contributed by atoms with Crippen molar-refractivity contribution in [2.75, 3.05) is 12.4 Å². The zero-order valence-electron chi connectivity index (χ0n) is 17.0. The third-order valence-electron chi connectivity index (χ3n) is 5.00. The number of nitrogens with one attached hydrogen (secondary N) is 1. The van der Waals surface area contributed by atoms with E-state index in [0.29, 0.717) is 0 Å². The second-order valence-electron chi connectivity index (χ2n) is 7.02. The molecule has 0 unspecified atom stereocenters. The van der Waals surface area contributed by atoms with Crippen molar-refractivity contribution in [2.24, 2.45) is 0 Å². The first-order chi connectivity index (χ1) is 15.1. The van der Waals surface area contributed by atoms with E-state index in [1.807, 2.05) is 91.0 Å². The first kappa shape index (κ1) is 22.6. The fraction of sp³-hybridized carbons (Fsp3) is 0.200. The van der Waals surface area contributed by atoms with Gasteiger partial charge in [0.1, 0.15) is 11.6 Å². The van der Waals surface area contributed by atoms with E-state index in [2.05, 4.69) is 17.9 Å². The maximum Gasteiger partial charge on any atom is 0.327 e. The van der Waals surface area contributed by atoms with Gasteiger partial charge in [-0.05, 0) is 16.7 Å². The molecule has 2 N–H and O–H groups in total. The molecule has 6 heteroatoms. The number of carbonyl (C=O) groups excluding carboxylic acids is 1. The summed E-state index contributed by atoms with van der Waals surface area (Å²) in [7, 11) is 0. The van der Waals surface area contributed by atoms with Gasteiger partial charge in [0, 0.05) is 5.75 Å². The monoisotopic (exact) mass is 435 g/mol. The van der Waals surface area contributed by atoms with Crippen LogP contribution in [-0.2, 0) is 19.9 Å². The van der Waals surface area contributed by atoms with Crippen molar-refractivity contribution in [3.63, 3.8) is 0 Å². The molecule has 0 aliphatic carbocycles. The lowest BCUT2D eigenvalue weighted by Gasteiger charge is -2.36. The van der Waals surface area contributed by atoms with Crippen molar-refractivity contribution in [2.45, 2.75) is 18.1 Å². The van der Waals surface area contributed by atoms with Gasteiger partial charge in [0.25, 0.3) is 0 Å². The SMILES string of the molecule is O=C(CCOC(c1ccccc1)(c1ccccc1)c1ccccc1)N[C@@H](CS)C(=O)O. The van der Waals surface area contributed by atoms with Gasteiger partial charge in [0.15, 0.2) is 0 Å². The van der Waals surface area contributed by atoms with E-state index >= 15 is 0 Å². The fourth-order valence-corrected chi connectivity index (χ4v) is 3.76. The highest BCUT2D eigenvalue weighted by atomic mass is 32.1. The second kappa shape index (κ2) is 10.8. The summed E-state index contributed by atoms with van der Waals surface area (Å²) >= 11 is 3.98. The third kappa shape index (κ3) is 5.34. The number of aliphatic carboxylic acids is 1. The van der Waals surface area contributed by atoms with Gasteiger partial charge < -0.3 is 15.2 Å². The van der Waals surface area contributed by atoms with E-state index < -0.39 is 23.5 Å². The van der Waals surface area contributed by atoms with E-state index in [4.69, 9.17) is 9.84 Å². The molecule has 160 valence electrons. The van der Waals surface area contributed by atoms with E-state index in [1.165, 1.54) is 0 Å². The molecule has 0 saturated heterocycles. The van der Waals surface area contributed by atoms with Crippen LogP contribution < -0.4 is 5.32 Å². The fourth-order valence-electron chi connectivity index (χ4n) is 3.52. The Hall–Kier alpha value is -3.09. The van der Waals surface area contributed by atoms with Crippen molar-refractivity contribution in [3.05, 3.63) is 108 Å². The topological polar surface area (TPSA) is 75.6 Å². The first-order valence-corrected chi connectivity index (χ1v) is 10.6. The smallest absolute Gasteiger partial charge is 0.327 e. The molecule has 0 radical (unpaired) electrons. The second-order valence-corrected chi connectivity index (χ2v) is 7.38. The summed E-state index contributed by atoms with van der Waals surface area (Å²) in [5.41, 5.74) is 1.89. The van der Waals surface area contributed by atoms with Gasteiger partial charge in [-0.25, -0.2) is 4.79 Å². The molecule has 1 amide bonds. The summed E-state index contributed by atoms with van der Waals surface area (Å²) in [5, 5.41) is 11.6. The Balaban J connectivity index is 1.93. The number of hydrogen-bond donors (Lipinski definition) is 3. The zero-order chi connectivity index (χ0) is 22.1. The Morgan fingerprint density at radius 3 is 1.61 bits per heavy atom. The molecular weight excluding hydrogens is 410 g/mol. The van der Waals surface area contributed by atoms with Crippen LogP contribution in [0.5, 0.6) is 0 Å². The van der Waals surface area contributed by atoms with Crippen LogP contribution in [0.4, 0.5) is 0 Å². The molecule has 31 heavy (non-hydrogen) atoms. The van der Waals surface area contributed by atoms with Crippen LogP contribution in [0.15, 0.2) is 91.0 Å². The highest BCUT2D eigenvalue weighted by molar-refractivity contribution is 7.80. The van der Waals surface area contributed by atoms with Crippen molar-refractivity contribution in [1.82, 2.24) is 5.32 Å². The lowest BCUT2D eigenvalue weighted by Crippen LogP contribution is -2.42. The van der Waals surface area contributed by atoms with Crippen LogP contribution in [-0.4, -0.2) is 35.4 Å². The van der Waals surface area contributed by atoms with Gasteiger partial charge in [0.05, 0.1) is 13.0 Å². The summed E-state index contributed by atoms with van der Waals surface area (Å²) in [5.74, 6) is -1.50. The van der Waals surface area contributed by atoms with Crippen LogP contribution in [0.3, 0.4) is 0 Å². The minimum Gasteiger partial charge on any atom is -0.480 e. The molecule has 0 heterocycles. The third-order valence-corrected chi connectivity index (χ3v) is 5.37. The van der Waals surface area contributed by atoms with E-state index in [0.717, 1.165) is 16.7 Å². The predicted octanol–water partition coefficient (Wildman–Crippen LogP) is 3.88. The van der Waals surface area contributed by atoms with Crippen molar-refractivity contribution < 1.29 is 19.4 Å². The minimum absolute atomic E-state index is 0.0178. The summed E-state index contributed by atoms with van der Waals surface area (Å²) < 4.78 is 6.51. The lowest BCUT2D eigenvalue weighted by atomic mass is 9.80. The van der Waals surface area contributed by atoms with Gasteiger partial charge >= 0.3 is 5.97 Å². The average Bonchev–Trinajstić information content (AvgIpc) is 2.82. The molecule has 0 aliphatic rings. The van der Waals surface area contributed by atoms with Gasteiger partial charge in [0.2, 0.25) is 5.91 Å². The highest BCUT2D eigenvalue weighted by Gasteiger charge is 2.37. The number of thiol groups is 1. The maximum atomic E-state index is 12.3. The number of carbonyl (C=O) groups is 2. The molecule has 5 nitrogen and oxygen atoms in total. The lowest BCUT2D eigenvalue weighted by molar-refractivity contribution is -0.141. The molecule has 0 saturated carbocycles. The van der Waals surface area contributed by atoms with Crippen LogP contribution in [0.1, 0.15) is 23.1 Å². The number of ether oxygens (including phenoxy) is 1. The van der Waals surface area contributed by atoms with Crippen molar-refractivity contribution in [1.29, 1.82) is 0 Å². The Morgan fingerprint density at radius 1 is 0.839 bits per heavy atom. The van der Waals surface area contributed by atoms with Crippen molar-refractivity contribution >= 4 is 24.5 Å². The molecule has 3 aromatic rings. The minimum atomic E-state index is -1.11. The van der Waals surface area contributed by atoms with Crippen LogP contribution in [0, 0.1) is 0 Å². The average molecular weight is 436 g/mol. The molecule has 0 bridgehead atoms. The molecule has 3 rings (SSSR count). The molecule has 0 aromatic heterocycles. The number of hydrogen-bond acceptors (Lipinski definition) is 4. The van der Waals surface area contributed by atoms with Crippen LogP contribution >= 0.6 is 12.6 Å². The summed E-state index contributed by atoms with van der Waals surface area (Å²) in [6.45, 7) is 0.101. The zero-order valence-corrected chi connectivity index (χ0v) is 17.9. The van der Waals surface area contributed by atoms with Gasteiger partial charge in [-0.3, -0.25) is 4.79 Å². The molecule has 1 atom stereocenters. The number of rotatable bonds is 10. The van der Waals surface area contributed by atoms with E-state index in [-0.39, 0.29) is 18.8 Å².